The Morgan fingerprint density at radius 1 is 1.47 bits per heavy atom. The number of amides is 1. The van der Waals surface area contributed by atoms with Gasteiger partial charge in [0.05, 0.1) is 19.3 Å². The molecular weight excluding hydrogens is 251 g/mol. The Kier molecular flexibility index (Phi) is 2.86. The highest BCUT2D eigenvalue weighted by Crippen LogP contribution is 2.19. The van der Waals surface area contributed by atoms with E-state index in [1.165, 1.54) is 18.3 Å². The number of nitrogens with zero attached hydrogens (tertiary/aromatic N) is 3. The van der Waals surface area contributed by atoms with Crippen LogP contribution in [0.5, 0.6) is 5.75 Å². The maximum absolute atomic E-state index is 13.0. The van der Waals surface area contributed by atoms with E-state index in [0.29, 0.717) is 18.8 Å². The first kappa shape index (κ1) is 11.6. The monoisotopic (exact) mass is 262 g/mol. The molecule has 98 valence electrons. The quantitative estimate of drug-likeness (QED) is 0.890. The molecule has 1 fully saturated rings. The minimum atomic E-state index is -0.340. The van der Waals surface area contributed by atoms with Gasteiger partial charge in [-0.1, -0.05) is 6.07 Å². The molecule has 1 amide bonds. The number of likely N-dealkylation sites (tertiary alicyclic amines) is 1. The van der Waals surface area contributed by atoms with Crippen molar-refractivity contribution in [3.8, 4) is 5.75 Å². The van der Waals surface area contributed by atoms with Crippen LogP contribution in [-0.2, 0) is 0 Å². The standard InChI is InChI=1S/C12H11FN4O2/c13-8-2-1-3-9(4-8)19-10-6-17(7-10)12(18)11-5-14-16-15-11/h1-5,10H,6-7H2,(H,14,15,16). The molecule has 6 nitrogen and oxygen atoms in total. The highest BCUT2D eigenvalue weighted by atomic mass is 19.1. The van der Waals surface area contributed by atoms with Gasteiger partial charge in [0.15, 0.2) is 5.69 Å². The molecular formula is C12H11FN4O2. The van der Waals surface area contributed by atoms with Crippen LogP contribution < -0.4 is 4.74 Å². The van der Waals surface area contributed by atoms with E-state index in [9.17, 15) is 9.18 Å². The number of carbonyl (C=O) groups excluding carboxylic acids is 1. The van der Waals surface area contributed by atoms with Gasteiger partial charge < -0.3 is 9.64 Å². The summed E-state index contributed by atoms with van der Waals surface area (Å²) in [7, 11) is 0. The fourth-order valence-corrected chi connectivity index (χ4v) is 1.88. The van der Waals surface area contributed by atoms with Crippen LogP contribution >= 0.6 is 0 Å². The fourth-order valence-electron chi connectivity index (χ4n) is 1.88. The van der Waals surface area contributed by atoms with Crippen molar-refractivity contribution in [2.75, 3.05) is 13.1 Å². The second-order valence-electron chi connectivity index (χ2n) is 4.26. The summed E-state index contributed by atoms with van der Waals surface area (Å²) in [5.74, 6) is -0.0567. The lowest BCUT2D eigenvalue weighted by atomic mass is 10.1. The van der Waals surface area contributed by atoms with E-state index >= 15 is 0 Å². The Balaban J connectivity index is 1.54. The molecule has 1 N–H and O–H groups in total. The largest absolute Gasteiger partial charge is 0.487 e. The van der Waals surface area contributed by atoms with Crippen molar-refractivity contribution in [2.45, 2.75) is 6.10 Å². The average Bonchev–Trinajstić information content (AvgIpc) is 2.86. The van der Waals surface area contributed by atoms with Gasteiger partial charge in [-0.05, 0) is 12.1 Å². The van der Waals surface area contributed by atoms with Gasteiger partial charge in [0.2, 0.25) is 0 Å². The van der Waals surface area contributed by atoms with Crippen LogP contribution in [-0.4, -0.2) is 45.4 Å². The van der Waals surface area contributed by atoms with E-state index < -0.39 is 0 Å². The normalized spacial score (nSPS) is 15.1. The number of carbonyl (C=O) groups is 1. The predicted octanol–water partition coefficient (Wildman–Crippen LogP) is 0.847. The Labute approximate surface area is 108 Å². The summed E-state index contributed by atoms with van der Waals surface area (Å²) < 4.78 is 18.5. The molecule has 0 unspecified atom stereocenters. The smallest absolute Gasteiger partial charge is 0.276 e. The van der Waals surface area contributed by atoms with Gasteiger partial charge in [0.1, 0.15) is 17.7 Å². The number of nitrogens with one attached hydrogen (secondary N) is 1. The number of aromatic nitrogens is 3. The fraction of sp³-hybridized carbons (Fsp3) is 0.250. The van der Waals surface area contributed by atoms with Gasteiger partial charge in [-0.3, -0.25) is 4.79 Å². The number of H-pyrrole nitrogens is 1. The molecule has 2 aromatic rings. The number of hydrogen-bond acceptors (Lipinski definition) is 4. The van der Waals surface area contributed by atoms with Crippen LogP contribution in [0.2, 0.25) is 0 Å². The van der Waals surface area contributed by atoms with Crippen LogP contribution in [0.15, 0.2) is 30.5 Å². The minimum Gasteiger partial charge on any atom is -0.487 e. The second kappa shape index (κ2) is 4.68. The minimum absolute atomic E-state index is 0.113. The van der Waals surface area contributed by atoms with Gasteiger partial charge in [-0.25, -0.2) is 4.39 Å². The Hall–Kier alpha value is -2.44. The predicted molar refractivity (Wildman–Crippen MR) is 63.1 cm³/mol. The molecule has 1 aliphatic rings. The average molecular weight is 262 g/mol. The molecule has 1 aromatic heterocycles. The molecule has 1 saturated heterocycles. The number of ether oxygens (including phenoxy) is 1. The lowest BCUT2D eigenvalue weighted by Crippen LogP contribution is -2.56. The van der Waals surface area contributed by atoms with Crippen molar-refractivity contribution in [1.29, 1.82) is 0 Å². The van der Waals surface area contributed by atoms with Crippen LogP contribution in [0.3, 0.4) is 0 Å². The molecule has 0 bridgehead atoms. The lowest BCUT2D eigenvalue weighted by molar-refractivity contribution is 0.0172. The first-order valence-electron chi connectivity index (χ1n) is 5.79. The van der Waals surface area contributed by atoms with Gasteiger partial charge in [-0.15, -0.1) is 0 Å². The summed E-state index contributed by atoms with van der Waals surface area (Å²) in [6.07, 6.45) is 1.26. The van der Waals surface area contributed by atoms with Crippen LogP contribution in [0.4, 0.5) is 4.39 Å². The molecule has 0 radical (unpaired) electrons. The molecule has 19 heavy (non-hydrogen) atoms. The van der Waals surface area contributed by atoms with Crippen LogP contribution in [0, 0.1) is 5.82 Å². The zero-order valence-corrected chi connectivity index (χ0v) is 9.91. The van der Waals surface area contributed by atoms with Gasteiger partial charge in [-0.2, -0.15) is 15.4 Å². The van der Waals surface area contributed by atoms with E-state index in [4.69, 9.17) is 4.74 Å². The molecule has 1 aromatic carbocycles. The van der Waals surface area contributed by atoms with E-state index in [1.54, 1.807) is 17.0 Å². The van der Waals surface area contributed by atoms with Gasteiger partial charge in [0, 0.05) is 6.07 Å². The maximum atomic E-state index is 13.0. The lowest BCUT2D eigenvalue weighted by Gasteiger charge is -2.38. The molecule has 0 spiro atoms. The Bertz CT molecular complexity index is 581. The highest BCUT2D eigenvalue weighted by Gasteiger charge is 2.33. The number of rotatable bonds is 3. The Morgan fingerprint density at radius 2 is 2.32 bits per heavy atom. The second-order valence-corrected chi connectivity index (χ2v) is 4.26. The topological polar surface area (TPSA) is 71.1 Å². The third kappa shape index (κ3) is 2.40. The zero-order valence-electron chi connectivity index (χ0n) is 9.91. The molecule has 7 heteroatoms. The third-order valence-electron chi connectivity index (χ3n) is 2.87. The van der Waals surface area contributed by atoms with Crippen molar-refractivity contribution in [1.82, 2.24) is 20.3 Å². The molecule has 1 aliphatic heterocycles. The first-order chi connectivity index (χ1) is 9.22. The zero-order chi connectivity index (χ0) is 13.2. The number of aromatic amines is 1. The van der Waals surface area contributed by atoms with Crippen molar-refractivity contribution in [2.24, 2.45) is 0 Å². The van der Waals surface area contributed by atoms with E-state index in [-0.39, 0.29) is 23.5 Å². The summed E-state index contributed by atoms with van der Waals surface area (Å²) in [5.41, 5.74) is 0.282. The van der Waals surface area contributed by atoms with E-state index in [2.05, 4.69) is 15.4 Å². The van der Waals surface area contributed by atoms with Crippen molar-refractivity contribution in [3.05, 3.63) is 42.0 Å². The van der Waals surface area contributed by atoms with Gasteiger partial charge >= 0.3 is 0 Å². The maximum Gasteiger partial charge on any atom is 0.276 e. The van der Waals surface area contributed by atoms with E-state index in [1.807, 2.05) is 0 Å². The summed E-state index contributed by atoms with van der Waals surface area (Å²) >= 11 is 0. The van der Waals surface area contributed by atoms with Crippen LogP contribution in [0.1, 0.15) is 10.5 Å². The van der Waals surface area contributed by atoms with Crippen molar-refractivity contribution in [3.63, 3.8) is 0 Å². The van der Waals surface area contributed by atoms with Crippen molar-refractivity contribution >= 4 is 5.91 Å². The first-order valence-corrected chi connectivity index (χ1v) is 5.79. The third-order valence-corrected chi connectivity index (χ3v) is 2.87. The highest BCUT2D eigenvalue weighted by molar-refractivity contribution is 5.92. The Morgan fingerprint density at radius 3 is 3.00 bits per heavy atom. The molecule has 0 saturated carbocycles. The number of benzene rings is 1. The molecule has 2 heterocycles. The SMILES string of the molecule is O=C(c1cn[nH]n1)N1CC(Oc2cccc(F)c2)C1. The summed E-state index contributed by atoms with van der Waals surface area (Å²) in [5, 5.41) is 9.70. The van der Waals surface area contributed by atoms with Crippen molar-refractivity contribution < 1.29 is 13.9 Å². The summed E-state index contributed by atoms with van der Waals surface area (Å²) in [4.78, 5) is 13.4. The van der Waals surface area contributed by atoms with E-state index in [0.717, 1.165) is 0 Å². The number of halogens is 1. The summed E-state index contributed by atoms with van der Waals surface area (Å²) in [6, 6.07) is 5.95. The molecule has 0 atom stereocenters. The molecule has 3 rings (SSSR count). The van der Waals surface area contributed by atoms with Crippen LogP contribution in [0.25, 0.3) is 0 Å². The van der Waals surface area contributed by atoms with Gasteiger partial charge in [0.25, 0.3) is 5.91 Å². The molecule has 0 aliphatic carbocycles. The summed E-state index contributed by atoms with van der Waals surface area (Å²) in [6.45, 7) is 0.921. The number of hydrogen-bond donors (Lipinski definition) is 1.